The largest absolute Gasteiger partial charge is 0.508 e. The number of anilines is 6. The third kappa shape index (κ3) is 8.50. The van der Waals surface area contributed by atoms with Gasteiger partial charge in [-0.25, -0.2) is 0 Å². The Morgan fingerprint density at radius 2 is 0.577 bits per heavy atom. The Hall–Kier alpha value is -8.68. The molecule has 0 saturated heterocycles. The fourth-order valence-corrected chi connectivity index (χ4v) is 10.3. The van der Waals surface area contributed by atoms with Gasteiger partial charge in [0.25, 0.3) is 0 Å². The lowest BCUT2D eigenvalue weighted by Gasteiger charge is -2.55. The van der Waals surface area contributed by atoms with Gasteiger partial charge in [-0.1, -0.05) is 189 Å². The quantitative estimate of drug-likeness (QED) is 0.0976. The number of aromatic hydroxyl groups is 2. The summed E-state index contributed by atoms with van der Waals surface area (Å²) >= 11 is 0. The Bertz CT molecular complexity index is 3230. The van der Waals surface area contributed by atoms with E-state index in [1.807, 2.05) is 84.9 Å². The van der Waals surface area contributed by atoms with Gasteiger partial charge in [-0.15, -0.1) is 0 Å². The van der Waals surface area contributed by atoms with Crippen LogP contribution in [0.1, 0.15) is 24.0 Å². The Labute approximate surface area is 414 Å². The molecular formula is C65H52N2O4. The molecule has 1 saturated carbocycles. The number of nitrogens with zero attached hydrogens (tertiary/aromatic N) is 2. The molecule has 1 aliphatic rings. The topological polar surface area (TPSA) is 87.4 Å². The molecule has 1 aliphatic carbocycles. The van der Waals surface area contributed by atoms with Crippen molar-refractivity contribution in [1.29, 1.82) is 0 Å². The minimum absolute atomic E-state index is 0.0498. The van der Waals surface area contributed by atoms with E-state index in [9.17, 15) is 20.4 Å². The van der Waals surface area contributed by atoms with Gasteiger partial charge in [0.1, 0.15) is 11.5 Å². The van der Waals surface area contributed by atoms with Crippen LogP contribution >= 0.6 is 0 Å². The molecule has 0 aliphatic heterocycles. The van der Waals surface area contributed by atoms with Crippen molar-refractivity contribution in [1.82, 2.24) is 0 Å². The lowest BCUT2D eigenvalue weighted by molar-refractivity contribution is -0.133. The van der Waals surface area contributed by atoms with Crippen molar-refractivity contribution in [2.45, 2.75) is 30.5 Å². The highest BCUT2D eigenvalue weighted by molar-refractivity contribution is 5.83. The summed E-state index contributed by atoms with van der Waals surface area (Å²) < 4.78 is 0. The number of phenolic OH excluding ortho intramolecular Hbond substituents is 2. The Morgan fingerprint density at radius 3 is 0.873 bits per heavy atom. The molecule has 0 radical (unpaired) electrons. The Kier molecular flexibility index (Phi) is 12.0. The molecule has 71 heavy (non-hydrogen) atoms. The number of aliphatic hydroxyl groups excluding tert-OH is 2. The second kappa shape index (κ2) is 19.0. The normalized spacial score (nSPS) is 17.3. The highest BCUT2D eigenvalue weighted by Crippen LogP contribution is 2.57. The summed E-state index contributed by atoms with van der Waals surface area (Å²) in [6.07, 6.45) is -2.27. The number of phenols is 2. The predicted octanol–water partition coefficient (Wildman–Crippen LogP) is 15.5. The molecule has 0 amide bonds. The van der Waals surface area contributed by atoms with E-state index in [0.29, 0.717) is 22.5 Å². The van der Waals surface area contributed by atoms with E-state index in [1.165, 1.54) is 0 Å². The van der Waals surface area contributed by atoms with Crippen LogP contribution in [0.4, 0.5) is 34.1 Å². The standard InChI is InChI=1S/C65H52N2O4/c1-65(59-41-39-57(43-61(59)69)67(54-34-26-50(27-35-54)46-18-10-4-11-19-46)55-36-28-51(29-37-55)47-20-12-5-13-21-47)63(70)62(64(65)71)58-40-38-56(42-60(58)68)66(52-30-22-48(23-31-52)44-14-6-2-7-15-44)53-32-24-49(25-33-53)45-16-8-3-9-17-45/h2-43,62-64,68-71H,1H3. The molecule has 6 heteroatoms. The van der Waals surface area contributed by atoms with Gasteiger partial charge in [-0.2, -0.15) is 0 Å². The average Bonchev–Trinajstić information content (AvgIpc) is 3.43. The molecule has 2 atom stereocenters. The molecule has 4 N–H and O–H groups in total. The highest BCUT2D eigenvalue weighted by atomic mass is 16.3. The van der Waals surface area contributed by atoms with E-state index in [-0.39, 0.29) is 11.5 Å². The van der Waals surface area contributed by atoms with E-state index in [2.05, 4.69) is 155 Å². The van der Waals surface area contributed by atoms with Crippen molar-refractivity contribution in [2.75, 3.05) is 9.80 Å². The smallest absolute Gasteiger partial charge is 0.121 e. The molecular weight excluding hydrogens is 873 g/mol. The zero-order chi connectivity index (χ0) is 48.5. The van der Waals surface area contributed by atoms with Crippen LogP contribution in [-0.2, 0) is 5.41 Å². The Balaban J connectivity index is 0.890. The van der Waals surface area contributed by atoms with Crippen LogP contribution in [0.3, 0.4) is 0 Å². The Morgan fingerprint density at radius 1 is 0.310 bits per heavy atom. The van der Waals surface area contributed by atoms with Gasteiger partial charge in [0.05, 0.1) is 12.2 Å². The lowest BCUT2D eigenvalue weighted by Crippen LogP contribution is -2.64. The summed E-state index contributed by atoms with van der Waals surface area (Å²) in [7, 11) is 0. The SMILES string of the molecule is CC1(c2ccc(N(c3ccc(-c4ccccc4)cc3)c3ccc(-c4ccccc4)cc3)cc2O)C(O)C(c2ccc(N(c3ccc(-c4ccccc4)cc3)c3ccc(-c4ccccc4)cc3)cc2O)C1O. The van der Waals surface area contributed by atoms with Crippen LogP contribution in [0.2, 0.25) is 0 Å². The van der Waals surface area contributed by atoms with E-state index in [4.69, 9.17) is 0 Å². The minimum atomic E-state index is -1.25. The summed E-state index contributed by atoms with van der Waals surface area (Å²) in [5.74, 6) is -0.925. The minimum Gasteiger partial charge on any atom is -0.508 e. The van der Waals surface area contributed by atoms with Crippen molar-refractivity contribution in [3.63, 3.8) is 0 Å². The van der Waals surface area contributed by atoms with Crippen LogP contribution in [0.5, 0.6) is 11.5 Å². The van der Waals surface area contributed by atoms with Gasteiger partial charge in [0.2, 0.25) is 0 Å². The number of hydrogen-bond acceptors (Lipinski definition) is 6. The van der Waals surface area contributed by atoms with Crippen LogP contribution in [0.15, 0.2) is 255 Å². The van der Waals surface area contributed by atoms with E-state index in [1.54, 1.807) is 31.2 Å². The van der Waals surface area contributed by atoms with Gasteiger partial charge in [-0.05, 0) is 105 Å². The van der Waals surface area contributed by atoms with Crippen molar-refractivity contribution < 1.29 is 20.4 Å². The summed E-state index contributed by atoms with van der Waals surface area (Å²) in [6.45, 7) is 1.77. The highest BCUT2D eigenvalue weighted by Gasteiger charge is 2.61. The molecule has 11 rings (SSSR count). The second-order valence-corrected chi connectivity index (χ2v) is 18.5. The van der Waals surface area contributed by atoms with Crippen LogP contribution in [0.25, 0.3) is 44.5 Å². The first-order valence-corrected chi connectivity index (χ1v) is 24.0. The first kappa shape index (κ1) is 44.8. The molecule has 346 valence electrons. The molecule has 2 unspecified atom stereocenters. The molecule has 6 nitrogen and oxygen atoms in total. The first-order valence-electron chi connectivity index (χ1n) is 24.0. The molecule has 0 heterocycles. The van der Waals surface area contributed by atoms with Crippen LogP contribution in [0, 0.1) is 0 Å². The molecule has 1 fully saturated rings. The number of rotatable bonds is 12. The van der Waals surface area contributed by atoms with Crippen LogP contribution < -0.4 is 9.80 Å². The van der Waals surface area contributed by atoms with Gasteiger partial charge in [0.15, 0.2) is 0 Å². The molecule has 0 aromatic heterocycles. The average molecular weight is 925 g/mol. The fraction of sp³-hybridized carbons (Fsp3) is 0.0769. The van der Waals surface area contributed by atoms with E-state index < -0.39 is 23.5 Å². The van der Waals surface area contributed by atoms with E-state index >= 15 is 0 Å². The number of hydrogen-bond donors (Lipinski definition) is 4. The van der Waals surface area contributed by atoms with Crippen LogP contribution in [-0.4, -0.2) is 32.6 Å². The predicted molar refractivity (Wildman–Crippen MR) is 289 cm³/mol. The lowest BCUT2D eigenvalue weighted by atomic mass is 9.53. The zero-order valence-corrected chi connectivity index (χ0v) is 39.2. The second-order valence-electron chi connectivity index (χ2n) is 18.5. The number of aliphatic hydroxyl groups is 2. The third-order valence-electron chi connectivity index (χ3n) is 14.3. The summed E-state index contributed by atoms with van der Waals surface area (Å²) in [5, 5.41) is 48.0. The summed E-state index contributed by atoms with van der Waals surface area (Å²) in [4.78, 5) is 4.17. The molecule has 0 bridgehead atoms. The van der Waals surface area contributed by atoms with Gasteiger partial charge < -0.3 is 30.2 Å². The third-order valence-corrected chi connectivity index (χ3v) is 14.3. The maximum atomic E-state index is 12.1. The fourth-order valence-electron chi connectivity index (χ4n) is 10.3. The number of benzene rings is 10. The van der Waals surface area contributed by atoms with Crippen molar-refractivity contribution in [3.05, 3.63) is 266 Å². The maximum absolute atomic E-state index is 12.1. The molecule has 10 aromatic rings. The monoisotopic (exact) mass is 924 g/mol. The van der Waals surface area contributed by atoms with Crippen molar-refractivity contribution in [2.24, 2.45) is 0 Å². The van der Waals surface area contributed by atoms with Gasteiger partial charge in [0, 0.05) is 68.7 Å². The maximum Gasteiger partial charge on any atom is 0.121 e. The molecule has 10 aromatic carbocycles. The summed E-state index contributed by atoms with van der Waals surface area (Å²) in [6, 6.07) is 85.1. The molecule has 0 spiro atoms. The summed E-state index contributed by atoms with van der Waals surface area (Å²) in [5.41, 5.74) is 13.4. The van der Waals surface area contributed by atoms with Gasteiger partial charge >= 0.3 is 0 Å². The van der Waals surface area contributed by atoms with E-state index in [0.717, 1.165) is 67.3 Å². The van der Waals surface area contributed by atoms with Crippen molar-refractivity contribution in [3.8, 4) is 56.0 Å². The van der Waals surface area contributed by atoms with Gasteiger partial charge in [-0.3, -0.25) is 0 Å². The zero-order valence-electron chi connectivity index (χ0n) is 39.2. The first-order chi connectivity index (χ1) is 34.7. The van der Waals surface area contributed by atoms with Crippen molar-refractivity contribution >= 4 is 34.1 Å².